The van der Waals surface area contributed by atoms with Crippen LogP contribution in [0.5, 0.6) is 0 Å². The van der Waals surface area contributed by atoms with E-state index in [0.717, 1.165) is 30.5 Å². The molecule has 0 aromatic heterocycles. The van der Waals surface area contributed by atoms with Crippen LogP contribution in [0, 0.1) is 6.92 Å². The molecule has 6 heteroatoms. The van der Waals surface area contributed by atoms with Gasteiger partial charge >= 0.3 is 0 Å². The van der Waals surface area contributed by atoms with Gasteiger partial charge in [-0.15, -0.1) is 0 Å². The van der Waals surface area contributed by atoms with Crippen molar-refractivity contribution in [3.05, 3.63) is 23.8 Å². The molecule has 1 heterocycles. The first-order chi connectivity index (χ1) is 10.4. The predicted molar refractivity (Wildman–Crippen MR) is 89.7 cm³/mol. The van der Waals surface area contributed by atoms with Gasteiger partial charge in [0.1, 0.15) is 0 Å². The molecule has 2 rings (SSSR count). The largest absolute Gasteiger partial charge is 0.312 e. The maximum Gasteiger partial charge on any atom is 0.232 e. The summed E-state index contributed by atoms with van der Waals surface area (Å²) < 4.78 is 26.6. The van der Waals surface area contributed by atoms with E-state index in [4.69, 9.17) is 0 Å². The second kappa shape index (κ2) is 7.13. The molecule has 1 aliphatic heterocycles. The van der Waals surface area contributed by atoms with E-state index in [-0.39, 0.29) is 11.7 Å². The second-order valence-electron chi connectivity index (χ2n) is 5.78. The van der Waals surface area contributed by atoms with Gasteiger partial charge in [-0.05, 0) is 43.9 Å². The standard InChI is InChI=1S/C16H24N2O3S/c1-3-4-11-22(20,21)17-14-9-8-13(2)15(12-14)18-10-6-5-7-16(18)19/h8-9,12,17H,3-7,10-11H2,1-2H3. The van der Waals surface area contributed by atoms with E-state index >= 15 is 0 Å². The maximum absolute atomic E-state index is 12.1. The molecule has 0 saturated carbocycles. The lowest BCUT2D eigenvalue weighted by Gasteiger charge is -2.28. The zero-order valence-electron chi connectivity index (χ0n) is 13.3. The number of anilines is 2. The number of benzene rings is 1. The van der Waals surface area contributed by atoms with Crippen LogP contribution < -0.4 is 9.62 Å². The third-order valence-corrected chi connectivity index (χ3v) is 5.24. The van der Waals surface area contributed by atoms with Crippen molar-refractivity contribution in [3.8, 4) is 0 Å². The van der Waals surface area contributed by atoms with E-state index in [1.807, 2.05) is 19.9 Å². The van der Waals surface area contributed by atoms with Crippen LogP contribution in [0.25, 0.3) is 0 Å². The fraction of sp³-hybridized carbons (Fsp3) is 0.562. The van der Waals surface area contributed by atoms with Gasteiger partial charge in [-0.3, -0.25) is 9.52 Å². The molecule has 1 aromatic carbocycles. The lowest BCUT2D eigenvalue weighted by molar-refractivity contribution is -0.119. The zero-order chi connectivity index (χ0) is 16.2. The van der Waals surface area contributed by atoms with Gasteiger partial charge in [-0.1, -0.05) is 19.4 Å². The number of aryl methyl sites for hydroxylation is 1. The summed E-state index contributed by atoms with van der Waals surface area (Å²) in [5, 5.41) is 0. The Kier molecular flexibility index (Phi) is 5.45. The lowest BCUT2D eigenvalue weighted by atomic mass is 10.1. The fourth-order valence-corrected chi connectivity index (χ4v) is 3.85. The molecule has 0 atom stereocenters. The van der Waals surface area contributed by atoms with Crippen LogP contribution >= 0.6 is 0 Å². The van der Waals surface area contributed by atoms with E-state index in [2.05, 4.69) is 4.72 Å². The number of unbranched alkanes of at least 4 members (excludes halogenated alkanes) is 1. The quantitative estimate of drug-likeness (QED) is 0.874. The highest BCUT2D eigenvalue weighted by Crippen LogP contribution is 2.28. The number of carbonyl (C=O) groups is 1. The van der Waals surface area contributed by atoms with E-state index in [1.54, 1.807) is 17.0 Å². The monoisotopic (exact) mass is 324 g/mol. The molecule has 0 spiro atoms. The number of piperidine rings is 1. The lowest BCUT2D eigenvalue weighted by Crippen LogP contribution is -2.35. The average molecular weight is 324 g/mol. The Labute approximate surface area is 132 Å². The van der Waals surface area contributed by atoms with E-state index in [9.17, 15) is 13.2 Å². The SMILES string of the molecule is CCCCS(=O)(=O)Nc1ccc(C)c(N2CCCCC2=O)c1. The first-order valence-electron chi connectivity index (χ1n) is 7.84. The molecule has 0 radical (unpaired) electrons. The van der Waals surface area contributed by atoms with Gasteiger partial charge in [-0.2, -0.15) is 0 Å². The molecule has 1 amide bonds. The summed E-state index contributed by atoms with van der Waals surface area (Å²) in [6.45, 7) is 4.60. The van der Waals surface area contributed by atoms with Crippen molar-refractivity contribution in [2.75, 3.05) is 21.9 Å². The first-order valence-corrected chi connectivity index (χ1v) is 9.49. The zero-order valence-corrected chi connectivity index (χ0v) is 14.1. The molecule has 1 aromatic rings. The number of carbonyl (C=O) groups excluding carboxylic acids is 1. The van der Waals surface area contributed by atoms with Gasteiger partial charge in [0.05, 0.1) is 11.4 Å². The summed E-state index contributed by atoms with van der Waals surface area (Å²) in [6, 6.07) is 5.37. The van der Waals surface area contributed by atoms with E-state index in [0.29, 0.717) is 25.1 Å². The number of nitrogens with one attached hydrogen (secondary N) is 1. The van der Waals surface area contributed by atoms with Crippen molar-refractivity contribution in [1.82, 2.24) is 0 Å². The number of hydrogen-bond donors (Lipinski definition) is 1. The van der Waals surface area contributed by atoms with Crippen molar-refractivity contribution in [2.24, 2.45) is 0 Å². The predicted octanol–water partition coefficient (Wildman–Crippen LogP) is 3.05. The van der Waals surface area contributed by atoms with Crippen LogP contribution in [0.2, 0.25) is 0 Å². The minimum atomic E-state index is -3.32. The molecular weight excluding hydrogens is 300 g/mol. The average Bonchev–Trinajstić information content (AvgIpc) is 2.48. The van der Waals surface area contributed by atoms with Gasteiger partial charge in [0.2, 0.25) is 15.9 Å². The van der Waals surface area contributed by atoms with Crippen LogP contribution in [0.3, 0.4) is 0 Å². The van der Waals surface area contributed by atoms with Crippen molar-refractivity contribution in [2.45, 2.75) is 46.0 Å². The first kappa shape index (κ1) is 16.8. The third kappa shape index (κ3) is 4.22. The Balaban J connectivity index is 2.21. The Morgan fingerprint density at radius 2 is 2.05 bits per heavy atom. The van der Waals surface area contributed by atoms with Crippen molar-refractivity contribution < 1.29 is 13.2 Å². The minimum Gasteiger partial charge on any atom is -0.312 e. The molecule has 1 N–H and O–H groups in total. The van der Waals surface area contributed by atoms with Crippen molar-refractivity contribution >= 4 is 27.3 Å². The molecule has 122 valence electrons. The Hall–Kier alpha value is -1.56. The number of nitrogens with zero attached hydrogens (tertiary/aromatic N) is 1. The highest BCUT2D eigenvalue weighted by molar-refractivity contribution is 7.92. The van der Waals surface area contributed by atoms with Gasteiger partial charge in [-0.25, -0.2) is 8.42 Å². The van der Waals surface area contributed by atoms with Crippen molar-refractivity contribution in [1.29, 1.82) is 0 Å². The molecule has 1 fully saturated rings. The van der Waals surface area contributed by atoms with E-state index < -0.39 is 10.0 Å². The Morgan fingerprint density at radius 3 is 2.73 bits per heavy atom. The number of rotatable bonds is 6. The van der Waals surface area contributed by atoms with Crippen LogP contribution in [-0.2, 0) is 14.8 Å². The van der Waals surface area contributed by atoms with Crippen LogP contribution in [0.15, 0.2) is 18.2 Å². The van der Waals surface area contributed by atoms with Gasteiger partial charge in [0.25, 0.3) is 0 Å². The molecule has 0 bridgehead atoms. The van der Waals surface area contributed by atoms with Crippen LogP contribution in [-0.4, -0.2) is 26.6 Å². The molecular formula is C16H24N2O3S. The molecule has 0 aliphatic carbocycles. The molecule has 1 saturated heterocycles. The van der Waals surface area contributed by atoms with Gasteiger partial charge in [0, 0.05) is 18.7 Å². The summed E-state index contributed by atoms with van der Waals surface area (Å²) in [4.78, 5) is 13.8. The smallest absolute Gasteiger partial charge is 0.232 e. The summed E-state index contributed by atoms with van der Waals surface area (Å²) in [5.74, 6) is 0.232. The summed E-state index contributed by atoms with van der Waals surface area (Å²) in [5.41, 5.74) is 2.31. The van der Waals surface area contributed by atoms with Crippen molar-refractivity contribution in [3.63, 3.8) is 0 Å². The van der Waals surface area contributed by atoms with Crippen LogP contribution in [0.4, 0.5) is 11.4 Å². The molecule has 5 nitrogen and oxygen atoms in total. The molecule has 1 aliphatic rings. The summed E-state index contributed by atoms with van der Waals surface area (Å²) >= 11 is 0. The van der Waals surface area contributed by atoms with Crippen LogP contribution in [0.1, 0.15) is 44.6 Å². The minimum absolute atomic E-state index is 0.111. The highest BCUT2D eigenvalue weighted by Gasteiger charge is 2.21. The molecule has 0 unspecified atom stereocenters. The molecule has 22 heavy (non-hydrogen) atoms. The normalized spacial score (nSPS) is 15.9. The fourth-order valence-electron chi connectivity index (χ4n) is 2.59. The third-order valence-electron chi connectivity index (χ3n) is 3.86. The Morgan fingerprint density at radius 1 is 1.27 bits per heavy atom. The summed E-state index contributed by atoms with van der Waals surface area (Å²) in [7, 11) is -3.32. The van der Waals surface area contributed by atoms with Gasteiger partial charge in [0.15, 0.2) is 0 Å². The van der Waals surface area contributed by atoms with E-state index in [1.165, 1.54) is 0 Å². The second-order valence-corrected chi connectivity index (χ2v) is 7.62. The number of amides is 1. The summed E-state index contributed by atoms with van der Waals surface area (Å²) in [6.07, 6.45) is 3.95. The number of hydrogen-bond acceptors (Lipinski definition) is 3. The topological polar surface area (TPSA) is 66.5 Å². The Bertz CT molecular complexity index is 641. The number of sulfonamides is 1. The maximum atomic E-state index is 12.1. The van der Waals surface area contributed by atoms with Gasteiger partial charge < -0.3 is 4.90 Å². The highest BCUT2D eigenvalue weighted by atomic mass is 32.2.